The number of likely N-dealkylation sites (N-methyl/N-ethyl adjacent to an activating group) is 2. The summed E-state index contributed by atoms with van der Waals surface area (Å²) in [6.07, 6.45) is 6.64. The van der Waals surface area contributed by atoms with E-state index in [0.717, 1.165) is 38.5 Å². The smallest absolute Gasteiger partial charge is 0.149 e. The van der Waals surface area contributed by atoms with Crippen molar-refractivity contribution in [2.75, 3.05) is 27.3 Å². The van der Waals surface area contributed by atoms with Crippen LogP contribution in [0.1, 0.15) is 79.1 Å². The number of carbonyl (C=O) groups is 2. The van der Waals surface area contributed by atoms with E-state index >= 15 is 0 Å². The Balaban J connectivity index is 3.67. The van der Waals surface area contributed by atoms with Crippen LogP contribution in [-0.4, -0.2) is 51.0 Å². The highest BCUT2D eigenvalue weighted by Gasteiger charge is 2.17. The maximum Gasteiger partial charge on any atom is 0.149 e. The van der Waals surface area contributed by atoms with E-state index in [1.807, 2.05) is 14.1 Å². The molecule has 0 aliphatic carbocycles. The Morgan fingerprint density at radius 2 is 1.07 bits per heavy atom. The van der Waals surface area contributed by atoms with Gasteiger partial charge in [-0.05, 0) is 64.5 Å². The van der Waals surface area contributed by atoms with Gasteiger partial charge in [0.05, 0.1) is 12.1 Å². The highest BCUT2D eigenvalue weighted by Crippen LogP contribution is 2.10. The lowest BCUT2D eigenvalue weighted by Gasteiger charge is -2.17. The Morgan fingerprint density at radius 3 is 1.37 bits per heavy atom. The second-order valence-corrected chi connectivity index (χ2v) is 8.40. The molecule has 2 N–H and O–H groups in total. The Kier molecular flexibility index (Phi) is 15.7. The van der Waals surface area contributed by atoms with Crippen molar-refractivity contribution >= 4 is 11.6 Å². The summed E-state index contributed by atoms with van der Waals surface area (Å²) >= 11 is 0. The molecule has 0 heterocycles. The molecule has 0 aromatic heterocycles. The van der Waals surface area contributed by atoms with Crippen LogP contribution in [0, 0.1) is 11.8 Å². The first-order chi connectivity index (χ1) is 12.8. The third-order valence-corrected chi connectivity index (χ3v) is 4.81. The fourth-order valence-corrected chi connectivity index (χ4v) is 3.22. The van der Waals surface area contributed by atoms with Gasteiger partial charge in [-0.1, -0.05) is 27.7 Å². The van der Waals surface area contributed by atoms with Gasteiger partial charge >= 0.3 is 0 Å². The highest BCUT2D eigenvalue weighted by atomic mass is 16.5. The fraction of sp³-hybridized carbons (Fsp3) is 0.909. The molecule has 2 atom stereocenters. The molecule has 5 nitrogen and oxygen atoms in total. The molecule has 0 aromatic rings. The largest absolute Gasteiger partial charge is 0.381 e. The normalized spacial score (nSPS) is 13.9. The van der Waals surface area contributed by atoms with Crippen LogP contribution >= 0.6 is 0 Å². The maximum absolute atomic E-state index is 12.2. The monoisotopic (exact) mass is 384 g/mol. The van der Waals surface area contributed by atoms with E-state index in [2.05, 4.69) is 38.3 Å². The van der Waals surface area contributed by atoms with Gasteiger partial charge < -0.3 is 15.4 Å². The topological polar surface area (TPSA) is 67.4 Å². The minimum atomic E-state index is -0.0133. The van der Waals surface area contributed by atoms with Gasteiger partial charge in [0.15, 0.2) is 0 Å². The van der Waals surface area contributed by atoms with Crippen LogP contribution in [-0.2, 0) is 14.3 Å². The van der Waals surface area contributed by atoms with E-state index in [1.54, 1.807) is 0 Å². The number of rotatable bonds is 18. The molecular weight excluding hydrogens is 340 g/mol. The first kappa shape index (κ1) is 26.2. The van der Waals surface area contributed by atoms with Gasteiger partial charge in [-0.3, -0.25) is 9.59 Å². The maximum atomic E-state index is 12.2. The lowest BCUT2D eigenvalue weighted by molar-refractivity contribution is -0.122. The van der Waals surface area contributed by atoms with Crippen LogP contribution in [0.4, 0.5) is 0 Å². The van der Waals surface area contributed by atoms with Crippen LogP contribution in [0.5, 0.6) is 0 Å². The number of ether oxygens (including phenoxy) is 1. The zero-order valence-electron chi connectivity index (χ0n) is 18.6. The van der Waals surface area contributed by atoms with Crippen molar-refractivity contribution in [3.05, 3.63) is 0 Å². The number of unbranched alkanes of at least 4 members (excludes halogenated alkanes) is 2. The van der Waals surface area contributed by atoms with Crippen molar-refractivity contribution < 1.29 is 14.3 Å². The predicted molar refractivity (Wildman–Crippen MR) is 113 cm³/mol. The predicted octanol–water partition coefficient (Wildman–Crippen LogP) is 3.75. The number of nitrogens with one attached hydrogen (secondary N) is 2. The zero-order valence-corrected chi connectivity index (χ0v) is 18.6. The van der Waals surface area contributed by atoms with E-state index < -0.39 is 0 Å². The summed E-state index contributed by atoms with van der Waals surface area (Å²) in [6.45, 7) is 9.96. The van der Waals surface area contributed by atoms with Gasteiger partial charge in [-0.15, -0.1) is 0 Å². The van der Waals surface area contributed by atoms with Gasteiger partial charge in [0.1, 0.15) is 11.6 Å². The van der Waals surface area contributed by atoms with Crippen molar-refractivity contribution in [1.29, 1.82) is 0 Å². The third kappa shape index (κ3) is 14.0. The molecule has 0 aliphatic heterocycles. The van der Waals surface area contributed by atoms with Gasteiger partial charge in [-0.25, -0.2) is 0 Å². The molecule has 0 unspecified atom stereocenters. The minimum Gasteiger partial charge on any atom is -0.381 e. The van der Waals surface area contributed by atoms with Gasteiger partial charge in [0, 0.05) is 26.1 Å². The molecule has 0 saturated heterocycles. The van der Waals surface area contributed by atoms with E-state index in [0.29, 0.717) is 49.5 Å². The molecule has 0 aliphatic rings. The van der Waals surface area contributed by atoms with Crippen LogP contribution in [0.2, 0.25) is 0 Å². The van der Waals surface area contributed by atoms with Gasteiger partial charge in [0.25, 0.3) is 0 Å². The quantitative estimate of drug-likeness (QED) is 0.352. The van der Waals surface area contributed by atoms with E-state index in [9.17, 15) is 9.59 Å². The summed E-state index contributed by atoms with van der Waals surface area (Å²) in [5.41, 5.74) is 0. The number of carbonyl (C=O) groups excluding carboxylic acids is 2. The number of hydrogen-bond acceptors (Lipinski definition) is 5. The SMILES string of the molecule is CN[C@@H](CC(C)C)C(=O)CCCCOCCCCC(=O)[C@H](CC(C)C)NC. The summed E-state index contributed by atoms with van der Waals surface area (Å²) in [6, 6.07) is -0.0267. The Morgan fingerprint density at radius 1 is 0.704 bits per heavy atom. The number of ketones is 2. The third-order valence-electron chi connectivity index (χ3n) is 4.81. The molecule has 0 rings (SSSR count). The van der Waals surface area contributed by atoms with E-state index in [-0.39, 0.29) is 12.1 Å². The summed E-state index contributed by atoms with van der Waals surface area (Å²) in [5, 5.41) is 6.25. The number of hydrogen-bond donors (Lipinski definition) is 2. The van der Waals surface area contributed by atoms with Crippen molar-refractivity contribution in [3.63, 3.8) is 0 Å². The molecular formula is C22H44N2O3. The Labute approximate surface area is 167 Å². The minimum absolute atomic E-state index is 0.0133. The molecule has 0 bridgehead atoms. The summed E-state index contributed by atoms with van der Waals surface area (Å²) in [4.78, 5) is 24.3. The fourth-order valence-electron chi connectivity index (χ4n) is 3.22. The second kappa shape index (κ2) is 16.2. The molecule has 27 heavy (non-hydrogen) atoms. The zero-order chi connectivity index (χ0) is 20.7. The molecule has 0 amide bonds. The first-order valence-corrected chi connectivity index (χ1v) is 10.8. The van der Waals surface area contributed by atoms with Crippen molar-refractivity contribution in [2.45, 2.75) is 91.1 Å². The molecule has 0 fully saturated rings. The van der Waals surface area contributed by atoms with Crippen molar-refractivity contribution in [1.82, 2.24) is 10.6 Å². The van der Waals surface area contributed by atoms with Crippen LogP contribution in [0.25, 0.3) is 0 Å². The average molecular weight is 385 g/mol. The summed E-state index contributed by atoms with van der Waals surface area (Å²) in [7, 11) is 3.72. The van der Waals surface area contributed by atoms with Gasteiger partial charge in [0.2, 0.25) is 0 Å². The van der Waals surface area contributed by atoms with Crippen molar-refractivity contribution in [3.8, 4) is 0 Å². The van der Waals surface area contributed by atoms with Crippen molar-refractivity contribution in [2.24, 2.45) is 11.8 Å². The van der Waals surface area contributed by atoms with Crippen LogP contribution in [0.15, 0.2) is 0 Å². The Bertz CT molecular complexity index is 361. The standard InChI is InChI=1S/C22H44N2O3/c1-17(2)15-19(23-5)21(25)11-7-9-13-27-14-10-8-12-22(26)20(24-6)16-18(3)4/h17-20,23-24H,7-16H2,1-6H3/t19-,20-/m0/s1. The molecule has 0 saturated carbocycles. The summed E-state index contributed by atoms with van der Waals surface area (Å²) < 4.78 is 5.65. The van der Waals surface area contributed by atoms with E-state index in [1.165, 1.54) is 0 Å². The lowest BCUT2D eigenvalue weighted by atomic mass is 9.97. The first-order valence-electron chi connectivity index (χ1n) is 10.8. The number of Topliss-reactive ketones (excluding diaryl/α,β-unsaturated/α-hetero) is 2. The molecule has 0 spiro atoms. The summed E-state index contributed by atoms with van der Waals surface area (Å²) in [5.74, 6) is 1.67. The lowest BCUT2D eigenvalue weighted by Crippen LogP contribution is -2.35. The van der Waals surface area contributed by atoms with E-state index in [4.69, 9.17) is 4.74 Å². The molecule has 0 radical (unpaired) electrons. The van der Waals surface area contributed by atoms with Crippen LogP contribution in [0.3, 0.4) is 0 Å². The highest BCUT2D eigenvalue weighted by molar-refractivity contribution is 5.84. The molecule has 160 valence electrons. The Hall–Kier alpha value is -0.780. The average Bonchev–Trinajstić information content (AvgIpc) is 2.61. The molecule has 5 heteroatoms. The molecule has 0 aromatic carbocycles. The van der Waals surface area contributed by atoms with Crippen LogP contribution < -0.4 is 10.6 Å². The second-order valence-electron chi connectivity index (χ2n) is 8.40. The van der Waals surface area contributed by atoms with Gasteiger partial charge in [-0.2, -0.15) is 0 Å².